The van der Waals surface area contributed by atoms with Gasteiger partial charge >= 0.3 is 5.63 Å². The highest BCUT2D eigenvalue weighted by molar-refractivity contribution is 5.96. The first-order valence-corrected chi connectivity index (χ1v) is 8.87. The van der Waals surface area contributed by atoms with E-state index in [1.807, 2.05) is 0 Å². The van der Waals surface area contributed by atoms with E-state index in [1.165, 1.54) is 11.0 Å². The number of amides is 1. The number of nitrogens with one attached hydrogen (secondary N) is 1. The van der Waals surface area contributed by atoms with Crippen molar-refractivity contribution in [1.82, 2.24) is 14.9 Å². The maximum atomic E-state index is 12.9. The number of aromatic amines is 1. The van der Waals surface area contributed by atoms with Crippen LogP contribution in [-0.2, 0) is 6.54 Å². The van der Waals surface area contributed by atoms with Crippen LogP contribution in [0.1, 0.15) is 23.1 Å². The molecule has 0 aliphatic heterocycles. The largest absolute Gasteiger partial charge is 0.422 e. The second-order valence-corrected chi connectivity index (χ2v) is 6.33. The normalized spacial score (nSPS) is 11.0. The SMILES string of the molecule is CCN(Cc1nc2ccccc2c(=O)[nH]1)C(=O)c1cc2ccccc2oc1=O. The fraction of sp³-hybridized carbons (Fsp3) is 0.143. The van der Waals surface area contributed by atoms with Gasteiger partial charge in [-0.1, -0.05) is 30.3 Å². The fourth-order valence-electron chi connectivity index (χ4n) is 3.10. The highest BCUT2D eigenvalue weighted by atomic mass is 16.4. The van der Waals surface area contributed by atoms with Gasteiger partial charge in [0.25, 0.3) is 11.5 Å². The highest BCUT2D eigenvalue weighted by Gasteiger charge is 2.20. The Labute approximate surface area is 159 Å². The molecule has 2 aromatic heterocycles. The molecule has 0 saturated heterocycles. The molecule has 0 atom stereocenters. The van der Waals surface area contributed by atoms with Crippen molar-refractivity contribution >= 4 is 27.8 Å². The zero-order chi connectivity index (χ0) is 19.7. The molecule has 0 aliphatic carbocycles. The van der Waals surface area contributed by atoms with Crippen LogP contribution in [0, 0.1) is 0 Å². The van der Waals surface area contributed by atoms with Crippen molar-refractivity contribution in [3.63, 3.8) is 0 Å². The van der Waals surface area contributed by atoms with Crippen molar-refractivity contribution in [2.45, 2.75) is 13.5 Å². The standard InChI is InChI=1S/C21H17N3O4/c1-2-24(12-18-22-16-9-5-4-8-14(16)19(25)23-18)20(26)15-11-13-7-3-6-10-17(13)28-21(15)27/h3-11H,2,12H2,1H3,(H,22,23,25). The van der Waals surface area contributed by atoms with Crippen molar-refractivity contribution in [2.24, 2.45) is 0 Å². The van der Waals surface area contributed by atoms with Gasteiger partial charge in [0, 0.05) is 11.9 Å². The maximum absolute atomic E-state index is 12.9. The van der Waals surface area contributed by atoms with E-state index < -0.39 is 11.5 Å². The number of carbonyl (C=O) groups excluding carboxylic acids is 1. The van der Waals surface area contributed by atoms with Crippen LogP contribution in [0.2, 0.25) is 0 Å². The van der Waals surface area contributed by atoms with Gasteiger partial charge in [-0.05, 0) is 31.2 Å². The molecule has 1 amide bonds. The van der Waals surface area contributed by atoms with Crippen molar-refractivity contribution in [3.8, 4) is 0 Å². The van der Waals surface area contributed by atoms with Crippen LogP contribution >= 0.6 is 0 Å². The van der Waals surface area contributed by atoms with Gasteiger partial charge in [0.05, 0.1) is 17.4 Å². The average Bonchev–Trinajstić information content (AvgIpc) is 2.71. The Morgan fingerprint density at radius 3 is 2.68 bits per heavy atom. The Hall–Kier alpha value is -3.74. The van der Waals surface area contributed by atoms with Gasteiger partial charge in [0.15, 0.2) is 0 Å². The number of para-hydroxylation sites is 2. The van der Waals surface area contributed by atoms with E-state index >= 15 is 0 Å². The van der Waals surface area contributed by atoms with E-state index in [-0.39, 0.29) is 17.7 Å². The van der Waals surface area contributed by atoms with Crippen molar-refractivity contribution in [1.29, 1.82) is 0 Å². The minimum Gasteiger partial charge on any atom is -0.422 e. The van der Waals surface area contributed by atoms with E-state index in [0.29, 0.717) is 34.2 Å². The summed E-state index contributed by atoms with van der Waals surface area (Å²) < 4.78 is 5.26. The molecule has 0 aliphatic rings. The predicted molar refractivity (Wildman–Crippen MR) is 105 cm³/mol. The third-order valence-corrected chi connectivity index (χ3v) is 4.54. The third kappa shape index (κ3) is 3.18. The zero-order valence-corrected chi connectivity index (χ0v) is 15.1. The van der Waals surface area contributed by atoms with Crippen molar-refractivity contribution in [2.75, 3.05) is 6.54 Å². The summed E-state index contributed by atoms with van der Waals surface area (Å²) in [6, 6.07) is 15.5. The molecule has 28 heavy (non-hydrogen) atoms. The molecule has 4 rings (SSSR count). The molecule has 0 unspecified atom stereocenters. The summed E-state index contributed by atoms with van der Waals surface area (Å²) in [4.78, 5) is 46.0. The minimum atomic E-state index is -0.692. The highest BCUT2D eigenvalue weighted by Crippen LogP contribution is 2.15. The zero-order valence-electron chi connectivity index (χ0n) is 15.1. The van der Waals surface area contributed by atoms with Gasteiger partial charge in [0.2, 0.25) is 0 Å². The number of hydrogen-bond acceptors (Lipinski definition) is 5. The van der Waals surface area contributed by atoms with E-state index in [9.17, 15) is 14.4 Å². The van der Waals surface area contributed by atoms with Gasteiger partial charge < -0.3 is 14.3 Å². The molecule has 2 heterocycles. The molecule has 140 valence electrons. The fourth-order valence-corrected chi connectivity index (χ4v) is 3.10. The van der Waals surface area contributed by atoms with Gasteiger partial charge in [-0.3, -0.25) is 9.59 Å². The summed E-state index contributed by atoms with van der Waals surface area (Å²) in [5, 5.41) is 1.15. The van der Waals surface area contributed by atoms with E-state index in [2.05, 4.69) is 9.97 Å². The van der Waals surface area contributed by atoms with E-state index in [1.54, 1.807) is 55.5 Å². The van der Waals surface area contributed by atoms with Crippen LogP contribution in [0.25, 0.3) is 21.9 Å². The molecular formula is C21H17N3O4. The van der Waals surface area contributed by atoms with Crippen LogP contribution < -0.4 is 11.2 Å². The van der Waals surface area contributed by atoms with Crippen molar-refractivity contribution in [3.05, 3.63) is 86.8 Å². The lowest BCUT2D eigenvalue weighted by atomic mass is 10.1. The molecule has 0 radical (unpaired) electrons. The lowest BCUT2D eigenvalue weighted by molar-refractivity contribution is 0.0744. The number of fused-ring (bicyclic) bond motifs is 2. The number of carbonyl (C=O) groups is 1. The second-order valence-electron chi connectivity index (χ2n) is 6.33. The molecule has 7 nitrogen and oxygen atoms in total. The molecule has 4 aromatic rings. The predicted octanol–water partition coefficient (Wildman–Crippen LogP) is 2.69. The lowest BCUT2D eigenvalue weighted by Gasteiger charge is -2.20. The lowest BCUT2D eigenvalue weighted by Crippen LogP contribution is -2.34. The molecule has 0 fully saturated rings. The van der Waals surface area contributed by atoms with Crippen LogP contribution in [0.4, 0.5) is 0 Å². The molecule has 1 N–H and O–H groups in total. The van der Waals surface area contributed by atoms with Gasteiger partial charge in [-0.25, -0.2) is 9.78 Å². The summed E-state index contributed by atoms with van der Waals surface area (Å²) in [5.74, 6) is -0.123. The van der Waals surface area contributed by atoms with Crippen LogP contribution in [0.3, 0.4) is 0 Å². The van der Waals surface area contributed by atoms with Crippen LogP contribution in [0.15, 0.2) is 68.6 Å². The van der Waals surface area contributed by atoms with Gasteiger partial charge in [-0.15, -0.1) is 0 Å². The first kappa shape index (κ1) is 17.7. The Balaban J connectivity index is 1.69. The second kappa shape index (κ2) is 7.11. The van der Waals surface area contributed by atoms with Gasteiger partial charge in [0.1, 0.15) is 17.0 Å². The Kier molecular flexibility index (Phi) is 4.49. The molecule has 0 spiro atoms. The van der Waals surface area contributed by atoms with E-state index in [4.69, 9.17) is 4.42 Å². The number of aromatic nitrogens is 2. The summed E-state index contributed by atoms with van der Waals surface area (Å²) in [5.41, 5.74) is -0.0392. The number of nitrogens with zero attached hydrogens (tertiary/aromatic N) is 2. The van der Waals surface area contributed by atoms with Crippen molar-refractivity contribution < 1.29 is 9.21 Å². The Bertz CT molecular complexity index is 1310. The quantitative estimate of drug-likeness (QED) is 0.553. The first-order chi connectivity index (χ1) is 13.6. The summed E-state index contributed by atoms with van der Waals surface area (Å²) in [6.45, 7) is 2.20. The monoisotopic (exact) mass is 375 g/mol. The number of benzene rings is 2. The smallest absolute Gasteiger partial charge is 0.349 e. The third-order valence-electron chi connectivity index (χ3n) is 4.54. The van der Waals surface area contributed by atoms with Gasteiger partial charge in [-0.2, -0.15) is 0 Å². The first-order valence-electron chi connectivity index (χ1n) is 8.87. The van der Waals surface area contributed by atoms with E-state index in [0.717, 1.165) is 0 Å². The molecular weight excluding hydrogens is 358 g/mol. The summed E-state index contributed by atoms with van der Waals surface area (Å²) in [7, 11) is 0. The number of hydrogen-bond donors (Lipinski definition) is 1. The minimum absolute atomic E-state index is 0.0521. The summed E-state index contributed by atoms with van der Waals surface area (Å²) in [6.07, 6.45) is 0. The Morgan fingerprint density at radius 2 is 1.86 bits per heavy atom. The Morgan fingerprint density at radius 1 is 1.11 bits per heavy atom. The van der Waals surface area contributed by atoms with Crippen LogP contribution in [-0.4, -0.2) is 27.3 Å². The molecule has 0 bridgehead atoms. The molecule has 7 heteroatoms. The number of rotatable bonds is 4. The number of H-pyrrole nitrogens is 1. The molecule has 0 saturated carbocycles. The topological polar surface area (TPSA) is 96.3 Å². The molecule has 2 aromatic carbocycles. The maximum Gasteiger partial charge on any atom is 0.349 e. The summed E-state index contributed by atoms with van der Waals surface area (Å²) >= 11 is 0. The van der Waals surface area contributed by atoms with Crippen LogP contribution in [0.5, 0.6) is 0 Å². The average molecular weight is 375 g/mol.